The molecule has 1 aromatic carbocycles. The summed E-state index contributed by atoms with van der Waals surface area (Å²) in [6.07, 6.45) is 3.80. The summed E-state index contributed by atoms with van der Waals surface area (Å²) >= 11 is 6.27. The number of amides is 1. The number of benzene rings is 1. The van der Waals surface area contributed by atoms with E-state index in [0.717, 1.165) is 59.9 Å². The molecule has 0 unspecified atom stereocenters. The first-order valence-electron chi connectivity index (χ1n) is 10.3. The SMILES string of the molecule is CC(=O)N1Cc2cc(Cl)ccc2-c2c(C3CCN(c4ccccn4)CC3)noc2C1. The summed E-state index contributed by atoms with van der Waals surface area (Å²) in [5.74, 6) is 2.10. The van der Waals surface area contributed by atoms with Gasteiger partial charge in [0.15, 0.2) is 5.76 Å². The lowest BCUT2D eigenvalue weighted by atomic mass is 9.87. The van der Waals surface area contributed by atoms with Gasteiger partial charge < -0.3 is 14.3 Å². The maximum atomic E-state index is 12.2. The lowest BCUT2D eigenvalue weighted by Crippen LogP contribution is -2.33. The standard InChI is InChI=1S/C23H23ClN4O2/c1-15(29)28-13-17-12-18(24)5-6-19(17)22-20(14-28)30-26-23(22)16-7-10-27(11-8-16)21-4-2-3-9-25-21/h2-6,9,12,16H,7-8,10-11,13-14H2,1H3. The van der Waals surface area contributed by atoms with Crippen LogP contribution in [0.3, 0.4) is 0 Å². The van der Waals surface area contributed by atoms with Crippen molar-refractivity contribution in [1.82, 2.24) is 15.0 Å². The fourth-order valence-corrected chi connectivity index (χ4v) is 4.73. The predicted molar refractivity (Wildman–Crippen MR) is 115 cm³/mol. The zero-order valence-corrected chi connectivity index (χ0v) is 17.6. The van der Waals surface area contributed by atoms with Gasteiger partial charge in [0.25, 0.3) is 0 Å². The number of hydrogen-bond donors (Lipinski definition) is 0. The van der Waals surface area contributed by atoms with Crippen LogP contribution in [-0.4, -0.2) is 34.0 Å². The molecule has 2 aromatic heterocycles. The van der Waals surface area contributed by atoms with Crippen molar-refractivity contribution in [3.63, 3.8) is 0 Å². The topological polar surface area (TPSA) is 62.5 Å². The quantitative estimate of drug-likeness (QED) is 0.602. The average Bonchev–Trinajstić information content (AvgIpc) is 3.10. The van der Waals surface area contributed by atoms with Crippen LogP contribution in [0.1, 0.15) is 42.7 Å². The van der Waals surface area contributed by atoms with Crippen molar-refractivity contribution in [2.75, 3.05) is 18.0 Å². The molecule has 1 saturated heterocycles. The molecule has 1 amide bonds. The van der Waals surface area contributed by atoms with Gasteiger partial charge in [0, 0.05) is 43.7 Å². The Morgan fingerprint density at radius 2 is 2.00 bits per heavy atom. The van der Waals surface area contributed by atoms with Crippen molar-refractivity contribution in [3.05, 3.63) is 64.6 Å². The molecule has 5 rings (SSSR count). The monoisotopic (exact) mass is 422 g/mol. The Morgan fingerprint density at radius 3 is 2.73 bits per heavy atom. The van der Waals surface area contributed by atoms with E-state index in [1.807, 2.05) is 36.5 Å². The van der Waals surface area contributed by atoms with E-state index in [2.05, 4.69) is 21.1 Å². The summed E-state index contributed by atoms with van der Waals surface area (Å²) in [6, 6.07) is 11.9. The van der Waals surface area contributed by atoms with Crippen LogP contribution >= 0.6 is 11.6 Å². The second-order valence-electron chi connectivity index (χ2n) is 7.99. The van der Waals surface area contributed by atoms with Gasteiger partial charge in [0.2, 0.25) is 5.91 Å². The van der Waals surface area contributed by atoms with Crippen LogP contribution in [0.25, 0.3) is 11.1 Å². The summed E-state index contributed by atoms with van der Waals surface area (Å²) in [7, 11) is 0. The van der Waals surface area contributed by atoms with Gasteiger partial charge >= 0.3 is 0 Å². The molecule has 2 aliphatic heterocycles. The van der Waals surface area contributed by atoms with E-state index in [-0.39, 0.29) is 5.91 Å². The molecule has 3 aromatic rings. The number of anilines is 1. The Hall–Kier alpha value is -2.86. The molecule has 0 spiro atoms. The lowest BCUT2D eigenvalue weighted by molar-refractivity contribution is -0.130. The number of rotatable bonds is 2. The largest absolute Gasteiger partial charge is 0.359 e. The van der Waals surface area contributed by atoms with Crippen LogP contribution in [-0.2, 0) is 17.9 Å². The Morgan fingerprint density at radius 1 is 1.17 bits per heavy atom. The van der Waals surface area contributed by atoms with E-state index in [4.69, 9.17) is 16.1 Å². The third-order valence-electron chi connectivity index (χ3n) is 6.12. The number of carbonyl (C=O) groups is 1. The van der Waals surface area contributed by atoms with Crippen LogP contribution < -0.4 is 4.90 Å². The minimum absolute atomic E-state index is 0.00962. The number of halogens is 1. The highest BCUT2D eigenvalue weighted by Gasteiger charge is 2.32. The highest BCUT2D eigenvalue weighted by atomic mass is 35.5. The van der Waals surface area contributed by atoms with Crippen LogP contribution in [0.2, 0.25) is 5.02 Å². The van der Waals surface area contributed by atoms with E-state index in [1.54, 1.807) is 11.8 Å². The van der Waals surface area contributed by atoms with Gasteiger partial charge in [0.05, 0.1) is 17.8 Å². The van der Waals surface area contributed by atoms with Crippen LogP contribution in [0.4, 0.5) is 5.82 Å². The number of nitrogens with zero attached hydrogens (tertiary/aromatic N) is 4. The second-order valence-corrected chi connectivity index (χ2v) is 8.43. The first-order valence-corrected chi connectivity index (χ1v) is 10.7. The maximum absolute atomic E-state index is 12.2. The number of hydrogen-bond acceptors (Lipinski definition) is 5. The van der Waals surface area contributed by atoms with Crippen LogP contribution in [0.5, 0.6) is 0 Å². The van der Waals surface area contributed by atoms with Gasteiger partial charge in [-0.1, -0.05) is 28.9 Å². The molecule has 0 atom stereocenters. The Kier molecular flexibility index (Phi) is 4.95. The van der Waals surface area contributed by atoms with Crippen molar-refractivity contribution < 1.29 is 9.32 Å². The van der Waals surface area contributed by atoms with Crippen molar-refractivity contribution in [2.45, 2.75) is 38.8 Å². The predicted octanol–water partition coefficient (Wildman–Crippen LogP) is 4.64. The van der Waals surface area contributed by atoms with E-state index in [1.165, 1.54) is 0 Å². The summed E-state index contributed by atoms with van der Waals surface area (Å²) in [5.41, 5.74) is 4.15. The summed E-state index contributed by atoms with van der Waals surface area (Å²) in [4.78, 5) is 20.7. The first kappa shape index (κ1) is 19.1. The molecule has 0 saturated carbocycles. The minimum Gasteiger partial charge on any atom is -0.359 e. The molecule has 0 radical (unpaired) electrons. The number of pyridine rings is 1. The molecule has 7 heteroatoms. The van der Waals surface area contributed by atoms with E-state index in [9.17, 15) is 4.79 Å². The third kappa shape index (κ3) is 3.45. The molecule has 0 bridgehead atoms. The number of fused-ring (bicyclic) bond motifs is 3. The van der Waals surface area contributed by atoms with E-state index in [0.29, 0.717) is 24.0 Å². The van der Waals surface area contributed by atoms with E-state index < -0.39 is 0 Å². The van der Waals surface area contributed by atoms with Crippen molar-refractivity contribution in [1.29, 1.82) is 0 Å². The number of aromatic nitrogens is 2. The smallest absolute Gasteiger partial charge is 0.220 e. The molecule has 0 aliphatic carbocycles. The van der Waals surface area contributed by atoms with Gasteiger partial charge in [-0.25, -0.2) is 4.98 Å². The molecular formula is C23H23ClN4O2. The third-order valence-corrected chi connectivity index (χ3v) is 6.36. The fraction of sp³-hybridized carbons (Fsp3) is 0.348. The molecular weight excluding hydrogens is 400 g/mol. The van der Waals surface area contributed by atoms with Gasteiger partial charge in [-0.15, -0.1) is 0 Å². The molecule has 1 fully saturated rings. The Labute approximate surface area is 180 Å². The highest BCUT2D eigenvalue weighted by Crippen LogP contribution is 2.41. The molecule has 154 valence electrons. The van der Waals surface area contributed by atoms with Gasteiger partial charge in [0.1, 0.15) is 5.82 Å². The summed E-state index contributed by atoms with van der Waals surface area (Å²) in [5, 5.41) is 5.16. The van der Waals surface area contributed by atoms with Crippen molar-refractivity contribution in [2.24, 2.45) is 0 Å². The lowest BCUT2D eigenvalue weighted by Gasteiger charge is -2.32. The van der Waals surface area contributed by atoms with Crippen molar-refractivity contribution in [3.8, 4) is 11.1 Å². The zero-order chi connectivity index (χ0) is 20.7. The average molecular weight is 423 g/mol. The highest BCUT2D eigenvalue weighted by molar-refractivity contribution is 6.30. The van der Waals surface area contributed by atoms with Crippen LogP contribution in [0.15, 0.2) is 47.1 Å². The zero-order valence-electron chi connectivity index (χ0n) is 16.8. The molecule has 30 heavy (non-hydrogen) atoms. The number of carbonyl (C=O) groups excluding carboxylic acids is 1. The summed E-state index contributed by atoms with van der Waals surface area (Å²) < 4.78 is 5.80. The summed E-state index contributed by atoms with van der Waals surface area (Å²) in [6.45, 7) is 4.39. The molecule has 6 nitrogen and oxygen atoms in total. The Bertz CT molecular complexity index is 1070. The maximum Gasteiger partial charge on any atom is 0.220 e. The van der Waals surface area contributed by atoms with Gasteiger partial charge in [-0.05, 0) is 48.2 Å². The van der Waals surface area contributed by atoms with Crippen molar-refractivity contribution >= 4 is 23.3 Å². The molecule has 0 N–H and O–H groups in total. The normalized spacial score (nSPS) is 16.7. The van der Waals surface area contributed by atoms with Gasteiger partial charge in [-0.3, -0.25) is 4.79 Å². The molecule has 4 heterocycles. The van der Waals surface area contributed by atoms with E-state index >= 15 is 0 Å². The molecule has 2 aliphatic rings. The minimum atomic E-state index is 0.00962. The van der Waals surface area contributed by atoms with Crippen LogP contribution in [0, 0.1) is 0 Å². The van der Waals surface area contributed by atoms with Gasteiger partial charge in [-0.2, -0.15) is 0 Å². The number of piperidine rings is 1. The fourth-order valence-electron chi connectivity index (χ4n) is 4.53. The first-order chi connectivity index (χ1) is 14.6. The Balaban J connectivity index is 1.47. The second kappa shape index (κ2) is 7.76.